The van der Waals surface area contributed by atoms with Gasteiger partial charge in [0.15, 0.2) is 5.82 Å². The Morgan fingerprint density at radius 3 is 2.02 bits per heavy atom. The molecule has 1 aliphatic heterocycles. The van der Waals surface area contributed by atoms with Crippen molar-refractivity contribution in [2.45, 2.75) is 0 Å². The van der Waals surface area contributed by atoms with E-state index in [1.54, 1.807) is 0 Å². The quantitative estimate of drug-likeness (QED) is 0.177. The van der Waals surface area contributed by atoms with Crippen molar-refractivity contribution in [3.8, 4) is 33.6 Å². The molecule has 0 N–H and O–H groups in total. The highest BCUT2D eigenvalue weighted by Crippen LogP contribution is 2.50. The summed E-state index contributed by atoms with van der Waals surface area (Å²) in [6.07, 6.45) is 1.90. The van der Waals surface area contributed by atoms with Gasteiger partial charge in [-0.1, -0.05) is 115 Å². The number of benzene rings is 6. The first-order valence-corrected chi connectivity index (χ1v) is 17.5. The van der Waals surface area contributed by atoms with Crippen LogP contribution in [0.3, 0.4) is 0 Å². The van der Waals surface area contributed by atoms with E-state index >= 15 is 0 Å². The van der Waals surface area contributed by atoms with Gasteiger partial charge in [-0.05, 0) is 46.8 Å². The zero-order valence-corrected chi connectivity index (χ0v) is 27.4. The second kappa shape index (κ2) is 10.5. The Morgan fingerprint density at radius 2 is 1.14 bits per heavy atom. The average Bonchev–Trinajstić information content (AvgIpc) is 3.57. The molecule has 0 unspecified atom stereocenters. The molecule has 0 saturated heterocycles. The zero-order chi connectivity index (χ0) is 32.8. The van der Waals surface area contributed by atoms with Crippen molar-refractivity contribution in [1.82, 2.24) is 19.9 Å². The molecule has 0 bridgehead atoms. The van der Waals surface area contributed by atoms with E-state index in [4.69, 9.17) is 19.9 Å². The molecule has 4 aromatic heterocycles. The fourth-order valence-corrected chi connectivity index (χ4v) is 8.84. The first-order valence-electron chi connectivity index (χ1n) is 16.6. The van der Waals surface area contributed by atoms with Gasteiger partial charge in [-0.3, -0.25) is 9.88 Å². The molecule has 11 rings (SSSR count). The highest BCUT2D eigenvalue weighted by Gasteiger charge is 2.31. The summed E-state index contributed by atoms with van der Waals surface area (Å²) in [7, 11) is 0. The molecule has 0 radical (unpaired) electrons. The summed E-state index contributed by atoms with van der Waals surface area (Å²) in [6.45, 7) is 0. The van der Waals surface area contributed by atoms with Crippen LogP contribution in [0.5, 0.6) is 0 Å². The number of hydrogen-bond donors (Lipinski definition) is 0. The lowest BCUT2D eigenvalue weighted by Gasteiger charge is -2.31. The SMILES string of the molecule is c1ccc2c(c1)-c1nccc3c1c(nc1ccccc13)N2c1nc(-c2ccc(-c3cccc4c3sc3ccccc34)cc2)c2ccccc2n1. The summed E-state index contributed by atoms with van der Waals surface area (Å²) in [5.41, 5.74) is 9.03. The van der Waals surface area contributed by atoms with E-state index in [-0.39, 0.29) is 0 Å². The van der Waals surface area contributed by atoms with Crippen LogP contribution in [0, 0.1) is 0 Å². The molecular formula is C44H25N5S. The minimum absolute atomic E-state index is 0.573. The molecule has 0 amide bonds. The van der Waals surface area contributed by atoms with Gasteiger partial charge in [0.05, 0.1) is 33.5 Å². The first-order chi connectivity index (χ1) is 24.8. The van der Waals surface area contributed by atoms with Crippen molar-refractivity contribution in [2.24, 2.45) is 0 Å². The van der Waals surface area contributed by atoms with Crippen molar-refractivity contribution in [1.29, 1.82) is 0 Å². The Labute approximate surface area is 290 Å². The van der Waals surface area contributed by atoms with Crippen LogP contribution in [-0.4, -0.2) is 19.9 Å². The molecule has 1 aliphatic rings. The van der Waals surface area contributed by atoms with Gasteiger partial charge >= 0.3 is 0 Å². The van der Waals surface area contributed by atoms with Crippen LogP contribution >= 0.6 is 11.3 Å². The molecule has 0 fully saturated rings. The Balaban J connectivity index is 1.12. The maximum atomic E-state index is 5.37. The van der Waals surface area contributed by atoms with Gasteiger partial charge < -0.3 is 0 Å². The number of fused-ring (bicyclic) bond motifs is 8. The number of rotatable bonds is 3. The molecular weight excluding hydrogens is 631 g/mol. The van der Waals surface area contributed by atoms with Crippen molar-refractivity contribution in [2.75, 3.05) is 4.90 Å². The maximum Gasteiger partial charge on any atom is 0.237 e. The number of nitrogens with zero attached hydrogens (tertiary/aromatic N) is 5. The van der Waals surface area contributed by atoms with Crippen molar-refractivity contribution >= 4 is 81.5 Å². The van der Waals surface area contributed by atoms with Crippen LogP contribution in [0.15, 0.2) is 152 Å². The predicted molar refractivity (Wildman–Crippen MR) is 208 cm³/mol. The summed E-state index contributed by atoms with van der Waals surface area (Å²) in [5, 5.41) is 6.82. The van der Waals surface area contributed by atoms with E-state index in [1.807, 2.05) is 29.7 Å². The third-order valence-electron chi connectivity index (χ3n) is 9.87. The number of hydrogen-bond acceptors (Lipinski definition) is 6. The summed E-state index contributed by atoms with van der Waals surface area (Å²) < 4.78 is 2.62. The van der Waals surface area contributed by atoms with Gasteiger partial charge in [0.2, 0.25) is 5.95 Å². The van der Waals surface area contributed by atoms with E-state index in [2.05, 4.69) is 138 Å². The Kier molecular flexibility index (Phi) is 5.76. The van der Waals surface area contributed by atoms with E-state index in [9.17, 15) is 0 Å². The summed E-state index contributed by atoms with van der Waals surface area (Å²) in [6, 6.07) is 51.1. The lowest BCUT2D eigenvalue weighted by molar-refractivity contribution is 1.08. The number of aromatic nitrogens is 4. The van der Waals surface area contributed by atoms with Crippen molar-refractivity contribution in [3.05, 3.63) is 152 Å². The molecule has 5 nitrogen and oxygen atoms in total. The van der Waals surface area contributed by atoms with E-state index < -0.39 is 0 Å². The van der Waals surface area contributed by atoms with E-state index in [1.165, 1.54) is 31.3 Å². The molecule has 0 atom stereocenters. The van der Waals surface area contributed by atoms with Gasteiger partial charge in [-0.25, -0.2) is 15.0 Å². The lowest BCUT2D eigenvalue weighted by Crippen LogP contribution is -2.19. The normalized spacial score (nSPS) is 12.4. The largest absolute Gasteiger partial charge is 0.262 e. The minimum Gasteiger partial charge on any atom is -0.262 e. The second-order valence-electron chi connectivity index (χ2n) is 12.6. The predicted octanol–water partition coefficient (Wildman–Crippen LogP) is 11.9. The zero-order valence-electron chi connectivity index (χ0n) is 26.6. The van der Waals surface area contributed by atoms with Crippen LogP contribution in [0.4, 0.5) is 17.5 Å². The van der Waals surface area contributed by atoms with Crippen molar-refractivity contribution < 1.29 is 0 Å². The summed E-state index contributed by atoms with van der Waals surface area (Å²) in [4.78, 5) is 22.8. The minimum atomic E-state index is 0.573. The highest BCUT2D eigenvalue weighted by atomic mass is 32.1. The lowest BCUT2D eigenvalue weighted by atomic mass is 9.96. The van der Waals surface area contributed by atoms with Gasteiger partial charge in [-0.2, -0.15) is 0 Å². The van der Waals surface area contributed by atoms with Crippen molar-refractivity contribution in [3.63, 3.8) is 0 Å². The maximum absolute atomic E-state index is 5.37. The van der Waals surface area contributed by atoms with E-state index in [0.717, 1.165) is 66.6 Å². The van der Waals surface area contributed by atoms with Crippen LogP contribution in [-0.2, 0) is 0 Å². The highest BCUT2D eigenvalue weighted by molar-refractivity contribution is 7.26. The molecule has 0 aliphatic carbocycles. The number of anilines is 3. The Bertz CT molecular complexity index is 3000. The smallest absolute Gasteiger partial charge is 0.237 e. The number of pyridine rings is 2. The van der Waals surface area contributed by atoms with Gasteiger partial charge in [0.25, 0.3) is 0 Å². The number of para-hydroxylation sites is 3. The van der Waals surface area contributed by atoms with Crippen LogP contribution in [0.2, 0.25) is 0 Å². The molecule has 0 spiro atoms. The average molecular weight is 656 g/mol. The molecule has 232 valence electrons. The first kappa shape index (κ1) is 27.5. The van der Waals surface area contributed by atoms with E-state index in [0.29, 0.717) is 5.95 Å². The third kappa shape index (κ3) is 3.94. The molecule has 0 saturated carbocycles. The third-order valence-corrected chi connectivity index (χ3v) is 11.1. The Morgan fingerprint density at radius 1 is 0.460 bits per heavy atom. The molecule has 6 aromatic carbocycles. The fraction of sp³-hybridized carbons (Fsp3) is 0. The standard InChI is InChI=1S/C44H25N5S/c1-5-16-35-29(10-1)31-24-25-45-41-34-13-3-7-18-37(34)49(43(46-35)39(31)41)44-47-36-17-6-2-12-33(36)40(48-44)27-22-20-26(21-23-27)28-14-9-15-32-30-11-4-8-19-38(30)50-42(28)32/h1-25H. The monoisotopic (exact) mass is 655 g/mol. The fourth-order valence-electron chi connectivity index (χ4n) is 7.60. The summed E-state index contributed by atoms with van der Waals surface area (Å²) in [5.74, 6) is 1.36. The van der Waals surface area contributed by atoms with Crippen LogP contribution in [0.25, 0.3) is 86.4 Å². The second-order valence-corrected chi connectivity index (χ2v) is 13.7. The summed E-state index contributed by atoms with van der Waals surface area (Å²) >= 11 is 1.85. The number of thiophene rings is 1. The van der Waals surface area contributed by atoms with Gasteiger partial charge in [-0.15, -0.1) is 11.3 Å². The molecule has 10 aromatic rings. The molecule has 5 heterocycles. The van der Waals surface area contributed by atoms with Gasteiger partial charge in [0.1, 0.15) is 0 Å². The molecule has 50 heavy (non-hydrogen) atoms. The van der Waals surface area contributed by atoms with Crippen LogP contribution < -0.4 is 4.90 Å². The van der Waals surface area contributed by atoms with Crippen LogP contribution in [0.1, 0.15) is 0 Å². The topological polar surface area (TPSA) is 54.8 Å². The van der Waals surface area contributed by atoms with Gasteiger partial charge in [0, 0.05) is 48.3 Å². The Hall–Kier alpha value is -6.50. The molecule has 6 heteroatoms.